The Morgan fingerprint density at radius 2 is 1.60 bits per heavy atom. The van der Waals surface area contributed by atoms with Gasteiger partial charge < -0.3 is 24.8 Å². The minimum Gasteiger partial charge on any atom is -0.490 e. The van der Waals surface area contributed by atoms with E-state index in [0.29, 0.717) is 23.7 Å². The van der Waals surface area contributed by atoms with Crippen molar-refractivity contribution in [3.8, 4) is 17.1 Å². The first kappa shape index (κ1) is 26.5. The number of nitrogens with one attached hydrogen (secondary N) is 3. The van der Waals surface area contributed by atoms with E-state index < -0.39 is 5.97 Å². The Bertz CT molecular complexity index is 1180. The van der Waals surface area contributed by atoms with Gasteiger partial charge in [-0.25, -0.2) is 4.79 Å². The van der Waals surface area contributed by atoms with Gasteiger partial charge in [-0.15, -0.1) is 0 Å². The summed E-state index contributed by atoms with van der Waals surface area (Å²) in [5.41, 5.74) is 3.02. The molecule has 35 heavy (non-hydrogen) atoms. The second-order valence-electron chi connectivity index (χ2n) is 9.31. The molecule has 0 aliphatic carbocycles. The molecule has 6 nitrogen and oxygen atoms in total. The summed E-state index contributed by atoms with van der Waals surface area (Å²) in [6, 6.07) is 7.90. The van der Waals surface area contributed by atoms with E-state index in [1.807, 2.05) is 38.1 Å². The van der Waals surface area contributed by atoms with Crippen LogP contribution in [-0.2, 0) is 0 Å². The number of hydrogen-bond donors (Lipinski definition) is 4. The van der Waals surface area contributed by atoms with E-state index in [-0.39, 0.29) is 5.56 Å². The molecule has 0 bridgehead atoms. The molecule has 0 amide bonds. The molecule has 190 valence electrons. The number of rotatable bonds is 15. The molecular weight excluding hydrogens is 438 g/mol. The fraction of sp³-hybridized carbons (Fsp3) is 0.483. The second-order valence-corrected chi connectivity index (χ2v) is 9.31. The van der Waals surface area contributed by atoms with Crippen molar-refractivity contribution in [1.82, 2.24) is 15.0 Å². The molecule has 0 saturated heterocycles. The van der Waals surface area contributed by atoms with E-state index in [9.17, 15) is 9.90 Å². The van der Waals surface area contributed by atoms with E-state index in [4.69, 9.17) is 4.74 Å². The number of carboxylic acids is 1. The maximum absolute atomic E-state index is 12.2. The van der Waals surface area contributed by atoms with E-state index >= 15 is 0 Å². The second kappa shape index (κ2) is 13.7. The summed E-state index contributed by atoms with van der Waals surface area (Å²) in [6.07, 6.45) is 16.6. The zero-order valence-electron chi connectivity index (χ0n) is 21.5. The fourth-order valence-electron chi connectivity index (χ4n) is 4.34. The number of carboxylic acid groups (broad SMARTS) is 1. The van der Waals surface area contributed by atoms with E-state index in [0.717, 1.165) is 34.9 Å². The molecule has 3 aromatic rings. The SMILES string of the molecule is CCCCCCCCCCC=c1ccc(=Cc2[nH]c(-c3ccc(C)[nH]3)c(C(=O)O)c2OCCC)[nH]1. The Morgan fingerprint density at radius 3 is 2.26 bits per heavy atom. The minimum absolute atomic E-state index is 0.152. The molecule has 0 aromatic carbocycles. The van der Waals surface area contributed by atoms with E-state index in [1.165, 1.54) is 51.4 Å². The lowest BCUT2D eigenvalue weighted by Gasteiger charge is -2.05. The van der Waals surface area contributed by atoms with Gasteiger partial charge in [0, 0.05) is 16.4 Å². The first-order valence-corrected chi connectivity index (χ1v) is 13.2. The Hall–Kier alpha value is -3.15. The number of aromatic nitrogens is 3. The first-order valence-electron chi connectivity index (χ1n) is 13.2. The zero-order chi connectivity index (χ0) is 25.0. The van der Waals surface area contributed by atoms with Crippen LogP contribution >= 0.6 is 0 Å². The average Bonchev–Trinajstić information content (AvgIpc) is 3.55. The van der Waals surface area contributed by atoms with Gasteiger partial charge in [0.05, 0.1) is 23.7 Å². The number of aromatic amines is 3. The Morgan fingerprint density at radius 1 is 0.886 bits per heavy atom. The largest absolute Gasteiger partial charge is 0.490 e. The van der Waals surface area contributed by atoms with Crippen LogP contribution in [0.4, 0.5) is 0 Å². The highest BCUT2D eigenvalue weighted by atomic mass is 16.5. The smallest absolute Gasteiger partial charge is 0.341 e. The summed E-state index contributed by atoms with van der Waals surface area (Å²) in [5.74, 6) is -0.638. The standard InChI is InChI=1S/C29H41N3O3/c1-4-6-7-8-9-10-11-12-13-14-22-16-17-23(31-22)20-25-28(35-19-5-2)26(29(33)34)27(32-25)24-18-15-21(3)30-24/h14-18,20,30-32H,4-13,19H2,1-3H3,(H,33,34). The van der Waals surface area contributed by atoms with Gasteiger partial charge >= 0.3 is 5.97 Å². The van der Waals surface area contributed by atoms with Crippen molar-refractivity contribution in [1.29, 1.82) is 0 Å². The zero-order valence-corrected chi connectivity index (χ0v) is 21.5. The summed E-state index contributed by atoms with van der Waals surface area (Å²) < 4.78 is 5.92. The third-order valence-corrected chi connectivity index (χ3v) is 6.20. The van der Waals surface area contributed by atoms with Crippen LogP contribution in [-0.4, -0.2) is 32.6 Å². The van der Waals surface area contributed by atoms with Gasteiger partial charge in [-0.1, -0.05) is 64.9 Å². The van der Waals surface area contributed by atoms with Gasteiger partial charge in [0.2, 0.25) is 0 Å². The lowest BCUT2D eigenvalue weighted by atomic mass is 10.1. The predicted octanol–water partition coefficient (Wildman–Crippen LogP) is 6.27. The highest BCUT2D eigenvalue weighted by Gasteiger charge is 2.25. The molecule has 3 rings (SSSR count). The summed E-state index contributed by atoms with van der Waals surface area (Å²) in [7, 11) is 0. The number of H-pyrrole nitrogens is 3. The number of aromatic carboxylic acids is 1. The number of hydrogen-bond acceptors (Lipinski definition) is 2. The summed E-state index contributed by atoms with van der Waals surface area (Å²) in [6.45, 7) is 6.65. The topological polar surface area (TPSA) is 93.9 Å². The van der Waals surface area contributed by atoms with Gasteiger partial charge in [0.1, 0.15) is 5.56 Å². The lowest BCUT2D eigenvalue weighted by molar-refractivity contribution is 0.0693. The molecule has 0 spiro atoms. The van der Waals surface area contributed by atoms with Crippen molar-refractivity contribution in [2.45, 2.75) is 85.0 Å². The molecule has 0 fully saturated rings. The number of unbranched alkanes of at least 4 members (excludes halogenated alkanes) is 8. The summed E-state index contributed by atoms with van der Waals surface area (Å²) >= 11 is 0. The molecule has 0 saturated carbocycles. The predicted molar refractivity (Wildman–Crippen MR) is 143 cm³/mol. The van der Waals surface area contributed by atoms with Crippen molar-refractivity contribution in [3.63, 3.8) is 0 Å². The normalized spacial score (nSPS) is 12.5. The Labute approximate surface area is 208 Å². The van der Waals surface area contributed by atoms with Crippen LogP contribution in [0.2, 0.25) is 0 Å². The quantitative estimate of drug-likeness (QED) is 0.193. The van der Waals surface area contributed by atoms with Crippen LogP contribution in [0.3, 0.4) is 0 Å². The summed E-state index contributed by atoms with van der Waals surface area (Å²) in [5, 5.41) is 12.0. The Kier molecular flexibility index (Phi) is 10.3. The van der Waals surface area contributed by atoms with Gasteiger partial charge in [-0.05, 0) is 56.5 Å². The van der Waals surface area contributed by atoms with Crippen molar-refractivity contribution in [2.24, 2.45) is 0 Å². The molecule has 0 aliphatic rings. The van der Waals surface area contributed by atoms with Crippen LogP contribution < -0.4 is 15.4 Å². The Balaban J connectivity index is 1.75. The molecule has 0 atom stereocenters. The van der Waals surface area contributed by atoms with Gasteiger partial charge in [0.15, 0.2) is 5.75 Å². The first-order chi connectivity index (χ1) is 17.0. The third kappa shape index (κ3) is 7.67. The van der Waals surface area contributed by atoms with Crippen LogP contribution in [0.1, 0.15) is 99.8 Å². The monoisotopic (exact) mass is 479 g/mol. The maximum Gasteiger partial charge on any atom is 0.341 e. The van der Waals surface area contributed by atoms with Crippen molar-refractivity contribution in [3.05, 3.63) is 51.9 Å². The summed E-state index contributed by atoms with van der Waals surface area (Å²) in [4.78, 5) is 22.1. The number of aryl methyl sites for hydroxylation is 1. The minimum atomic E-state index is -1.01. The molecule has 3 heterocycles. The van der Waals surface area contributed by atoms with Gasteiger partial charge in [-0.3, -0.25) is 0 Å². The fourth-order valence-corrected chi connectivity index (χ4v) is 4.34. The van der Waals surface area contributed by atoms with Crippen LogP contribution in [0.25, 0.3) is 23.5 Å². The molecule has 3 aromatic heterocycles. The third-order valence-electron chi connectivity index (χ3n) is 6.20. The van der Waals surface area contributed by atoms with Gasteiger partial charge in [0.25, 0.3) is 0 Å². The van der Waals surface area contributed by atoms with E-state index in [1.54, 1.807) is 0 Å². The molecule has 4 N–H and O–H groups in total. The van der Waals surface area contributed by atoms with Crippen molar-refractivity contribution < 1.29 is 14.6 Å². The average molecular weight is 480 g/mol. The molecule has 6 heteroatoms. The molecule has 0 radical (unpaired) electrons. The molecular formula is C29H41N3O3. The van der Waals surface area contributed by atoms with Crippen LogP contribution in [0, 0.1) is 6.92 Å². The number of ether oxygens (including phenoxy) is 1. The van der Waals surface area contributed by atoms with Crippen LogP contribution in [0.5, 0.6) is 5.75 Å². The van der Waals surface area contributed by atoms with E-state index in [2.05, 4.69) is 34.0 Å². The van der Waals surface area contributed by atoms with Gasteiger partial charge in [-0.2, -0.15) is 0 Å². The highest BCUT2D eigenvalue weighted by molar-refractivity contribution is 5.99. The van der Waals surface area contributed by atoms with Crippen molar-refractivity contribution in [2.75, 3.05) is 6.61 Å². The lowest BCUT2D eigenvalue weighted by Crippen LogP contribution is -2.09. The van der Waals surface area contributed by atoms with Crippen LogP contribution in [0.15, 0.2) is 24.3 Å². The highest BCUT2D eigenvalue weighted by Crippen LogP contribution is 2.34. The maximum atomic E-state index is 12.2. The number of carbonyl (C=O) groups is 1. The molecule has 0 aliphatic heterocycles. The molecule has 0 unspecified atom stereocenters. The van der Waals surface area contributed by atoms with Crippen molar-refractivity contribution >= 4 is 18.1 Å².